The van der Waals surface area contributed by atoms with Crippen LogP contribution in [0.3, 0.4) is 0 Å². The summed E-state index contributed by atoms with van der Waals surface area (Å²) in [7, 11) is 0. The van der Waals surface area contributed by atoms with Gasteiger partial charge in [-0.15, -0.1) is 0 Å². The highest BCUT2D eigenvalue weighted by Gasteiger charge is 2.18. The third-order valence-corrected chi connectivity index (χ3v) is 3.44. The highest BCUT2D eigenvalue weighted by atomic mass is 16.6. The third kappa shape index (κ3) is 3.30. The van der Waals surface area contributed by atoms with Crippen molar-refractivity contribution in [1.29, 1.82) is 0 Å². The Hall–Kier alpha value is -2.30. The lowest BCUT2D eigenvalue weighted by atomic mass is 10.1. The molecule has 0 saturated heterocycles. The fourth-order valence-corrected chi connectivity index (χ4v) is 2.28. The lowest BCUT2D eigenvalue weighted by Gasteiger charge is -2.16. The molecule has 5 heteroatoms. The van der Waals surface area contributed by atoms with Crippen molar-refractivity contribution in [1.82, 2.24) is 0 Å². The van der Waals surface area contributed by atoms with E-state index in [4.69, 9.17) is 13.9 Å². The molecule has 0 aliphatic rings. The normalized spacial score (nSPS) is 12.2. The zero-order valence-corrected chi connectivity index (χ0v) is 13.3. The third-order valence-electron chi connectivity index (χ3n) is 3.44. The van der Waals surface area contributed by atoms with Crippen molar-refractivity contribution < 1.29 is 18.7 Å². The van der Waals surface area contributed by atoms with Gasteiger partial charge in [-0.3, -0.25) is 0 Å². The van der Waals surface area contributed by atoms with Crippen molar-refractivity contribution in [2.45, 2.75) is 40.2 Å². The first-order valence-electron chi connectivity index (χ1n) is 7.36. The Morgan fingerprint density at radius 2 is 2.00 bits per heavy atom. The minimum atomic E-state index is -0.723. The summed E-state index contributed by atoms with van der Waals surface area (Å²) in [5, 5.41) is 0.868. The second kappa shape index (κ2) is 6.64. The smallest absolute Gasteiger partial charge is 0.347 e. The highest BCUT2D eigenvalue weighted by molar-refractivity contribution is 5.83. The van der Waals surface area contributed by atoms with Gasteiger partial charge in [0.1, 0.15) is 11.3 Å². The number of aryl methyl sites for hydroxylation is 2. The van der Waals surface area contributed by atoms with Crippen LogP contribution in [0.25, 0.3) is 11.0 Å². The van der Waals surface area contributed by atoms with Gasteiger partial charge in [-0.2, -0.15) is 0 Å². The van der Waals surface area contributed by atoms with Crippen molar-refractivity contribution in [2.75, 3.05) is 6.61 Å². The molecule has 0 aliphatic heterocycles. The van der Waals surface area contributed by atoms with Gasteiger partial charge in [0.15, 0.2) is 6.10 Å². The predicted molar refractivity (Wildman–Crippen MR) is 83.3 cm³/mol. The number of carbonyl (C=O) groups excluding carboxylic acids is 1. The fourth-order valence-electron chi connectivity index (χ4n) is 2.28. The predicted octanol–water partition coefficient (Wildman–Crippen LogP) is 2.99. The number of ether oxygens (including phenoxy) is 2. The summed E-state index contributed by atoms with van der Waals surface area (Å²) in [6.45, 7) is 7.54. The maximum atomic E-state index is 11.7. The van der Waals surface area contributed by atoms with E-state index in [-0.39, 0.29) is 0 Å². The van der Waals surface area contributed by atoms with Gasteiger partial charge in [0.05, 0.1) is 6.61 Å². The molecule has 0 bridgehead atoms. The molecule has 1 heterocycles. The Bertz CT molecular complexity index is 745. The van der Waals surface area contributed by atoms with Gasteiger partial charge >= 0.3 is 11.6 Å². The van der Waals surface area contributed by atoms with Crippen LogP contribution in [0.4, 0.5) is 0 Å². The molecule has 0 saturated carbocycles. The Morgan fingerprint density at radius 1 is 1.27 bits per heavy atom. The number of fused-ring (bicyclic) bond motifs is 1. The van der Waals surface area contributed by atoms with Crippen molar-refractivity contribution in [3.8, 4) is 5.75 Å². The average Bonchev–Trinajstić information content (AvgIpc) is 2.46. The molecule has 22 heavy (non-hydrogen) atoms. The summed E-state index contributed by atoms with van der Waals surface area (Å²) >= 11 is 0. The summed E-state index contributed by atoms with van der Waals surface area (Å²) < 4.78 is 15.9. The first-order chi connectivity index (χ1) is 10.5. The molecule has 0 radical (unpaired) electrons. The van der Waals surface area contributed by atoms with Crippen molar-refractivity contribution >= 4 is 16.9 Å². The van der Waals surface area contributed by atoms with Crippen LogP contribution < -0.4 is 10.4 Å². The topological polar surface area (TPSA) is 65.7 Å². The number of hydrogen-bond acceptors (Lipinski definition) is 5. The van der Waals surface area contributed by atoms with E-state index in [1.807, 2.05) is 19.9 Å². The van der Waals surface area contributed by atoms with Crippen LogP contribution >= 0.6 is 0 Å². The monoisotopic (exact) mass is 304 g/mol. The molecule has 1 aromatic heterocycles. The maximum absolute atomic E-state index is 11.7. The van der Waals surface area contributed by atoms with E-state index >= 15 is 0 Å². The number of carbonyl (C=O) groups is 1. The molecule has 2 rings (SSSR count). The first-order valence-corrected chi connectivity index (χ1v) is 7.36. The van der Waals surface area contributed by atoms with Crippen LogP contribution in [0.2, 0.25) is 0 Å². The van der Waals surface area contributed by atoms with Crippen LogP contribution in [0.1, 0.15) is 31.9 Å². The van der Waals surface area contributed by atoms with Gasteiger partial charge in [-0.1, -0.05) is 6.92 Å². The van der Waals surface area contributed by atoms with Crippen molar-refractivity contribution in [2.24, 2.45) is 0 Å². The van der Waals surface area contributed by atoms with Crippen molar-refractivity contribution in [3.05, 3.63) is 39.7 Å². The van der Waals surface area contributed by atoms with Gasteiger partial charge in [0.2, 0.25) is 0 Å². The molecule has 0 amide bonds. The largest absolute Gasteiger partial charge is 0.479 e. The zero-order chi connectivity index (χ0) is 16.3. The summed E-state index contributed by atoms with van der Waals surface area (Å²) in [4.78, 5) is 23.2. The molecule has 0 unspecified atom stereocenters. The van der Waals surface area contributed by atoms with E-state index in [1.54, 1.807) is 19.9 Å². The molecule has 0 N–H and O–H groups in total. The molecule has 2 aromatic rings. The summed E-state index contributed by atoms with van der Waals surface area (Å²) in [5.41, 5.74) is 1.85. The second-order valence-corrected chi connectivity index (χ2v) is 5.07. The average molecular weight is 304 g/mol. The summed E-state index contributed by atoms with van der Waals surface area (Å²) in [6.07, 6.45) is 0.0126. The molecular weight excluding hydrogens is 284 g/mol. The minimum Gasteiger partial charge on any atom is -0.479 e. The lowest BCUT2D eigenvalue weighted by molar-refractivity contribution is -0.150. The fraction of sp³-hybridized carbons (Fsp3) is 0.412. The molecule has 0 fully saturated rings. The number of hydrogen-bond donors (Lipinski definition) is 0. The van der Waals surface area contributed by atoms with Gasteiger partial charge in [0.25, 0.3) is 0 Å². The van der Waals surface area contributed by atoms with Gasteiger partial charge < -0.3 is 13.9 Å². The van der Waals surface area contributed by atoms with Crippen molar-refractivity contribution in [3.63, 3.8) is 0 Å². The van der Waals surface area contributed by atoms with E-state index < -0.39 is 17.7 Å². The number of esters is 1. The lowest BCUT2D eigenvalue weighted by Crippen LogP contribution is -2.26. The van der Waals surface area contributed by atoms with Gasteiger partial charge in [-0.05, 0) is 44.4 Å². The van der Waals surface area contributed by atoms with Crippen LogP contribution in [-0.4, -0.2) is 18.7 Å². The first kappa shape index (κ1) is 16.1. The maximum Gasteiger partial charge on any atom is 0.347 e. The van der Waals surface area contributed by atoms with Crippen LogP contribution in [-0.2, 0) is 16.0 Å². The Morgan fingerprint density at radius 3 is 2.64 bits per heavy atom. The summed E-state index contributed by atoms with van der Waals surface area (Å²) in [5.74, 6) is 0.111. The van der Waals surface area contributed by atoms with E-state index in [9.17, 15) is 9.59 Å². The Labute approximate surface area is 128 Å². The van der Waals surface area contributed by atoms with Crippen LogP contribution in [0.15, 0.2) is 27.4 Å². The molecule has 5 nitrogen and oxygen atoms in total. The molecule has 0 spiro atoms. The van der Waals surface area contributed by atoms with E-state index in [1.165, 1.54) is 6.07 Å². The second-order valence-electron chi connectivity index (χ2n) is 5.07. The van der Waals surface area contributed by atoms with E-state index in [2.05, 4.69) is 0 Å². The van der Waals surface area contributed by atoms with E-state index in [0.717, 1.165) is 22.9 Å². The minimum absolute atomic E-state index is 0.305. The van der Waals surface area contributed by atoms with E-state index in [0.29, 0.717) is 17.9 Å². The van der Waals surface area contributed by atoms with Gasteiger partial charge in [0, 0.05) is 17.5 Å². The quantitative estimate of drug-likeness (QED) is 0.627. The molecule has 1 aromatic carbocycles. The Kier molecular flexibility index (Phi) is 4.85. The molecule has 0 aliphatic carbocycles. The molecular formula is C17H20O5. The molecule has 1 atom stereocenters. The SMILES string of the molecule is CCOC(=O)[C@@H](C)Oc1cc2oc(=O)cc(C)c2cc1CC. The zero-order valence-electron chi connectivity index (χ0n) is 13.3. The number of rotatable bonds is 5. The highest BCUT2D eigenvalue weighted by Crippen LogP contribution is 2.28. The van der Waals surface area contributed by atoms with Crippen LogP contribution in [0.5, 0.6) is 5.75 Å². The Balaban J connectivity index is 2.44. The summed E-state index contributed by atoms with van der Waals surface area (Å²) in [6, 6.07) is 5.06. The standard InChI is InChI=1S/C17H20O5/c1-5-12-8-13-10(3)7-16(18)22-15(13)9-14(12)21-11(4)17(19)20-6-2/h7-9,11H,5-6H2,1-4H3/t11-/m1/s1. The van der Waals surface area contributed by atoms with Gasteiger partial charge in [-0.25, -0.2) is 9.59 Å². The molecule has 118 valence electrons. The number of benzene rings is 1. The van der Waals surface area contributed by atoms with Crippen LogP contribution in [0, 0.1) is 6.92 Å².